The van der Waals surface area contributed by atoms with E-state index in [0.29, 0.717) is 6.42 Å². The van der Waals surface area contributed by atoms with Crippen molar-refractivity contribution in [2.24, 2.45) is 7.05 Å². The molecule has 0 aromatic carbocycles. The molecular formula is C12H20N2O2. The normalized spacial score (nSPS) is 27.2. The summed E-state index contributed by atoms with van der Waals surface area (Å²) in [6.07, 6.45) is 2.13. The third-order valence-electron chi connectivity index (χ3n) is 3.46. The molecule has 2 heterocycles. The Morgan fingerprint density at radius 1 is 1.69 bits per heavy atom. The Hall–Kier alpha value is -0.870. The molecule has 16 heavy (non-hydrogen) atoms. The van der Waals surface area contributed by atoms with E-state index in [1.54, 1.807) is 0 Å². The molecule has 1 aromatic rings. The summed E-state index contributed by atoms with van der Waals surface area (Å²) in [4.78, 5) is 0. The fraction of sp³-hybridized carbons (Fsp3) is 0.750. The van der Waals surface area contributed by atoms with E-state index in [1.807, 2.05) is 31.6 Å². The predicted molar refractivity (Wildman–Crippen MR) is 61.2 cm³/mol. The van der Waals surface area contributed by atoms with Crippen LogP contribution < -0.4 is 0 Å². The predicted octanol–water partition coefficient (Wildman–Crippen LogP) is 1.20. The molecule has 0 aliphatic carbocycles. The molecule has 1 N–H and O–H groups in total. The molecule has 0 bridgehead atoms. The summed E-state index contributed by atoms with van der Waals surface area (Å²) in [6, 6.07) is 2.02. The molecule has 2 unspecified atom stereocenters. The third-order valence-corrected chi connectivity index (χ3v) is 3.46. The average Bonchev–Trinajstić information content (AvgIpc) is 2.75. The van der Waals surface area contributed by atoms with Crippen molar-refractivity contribution in [3.63, 3.8) is 0 Å². The van der Waals surface area contributed by atoms with Crippen LogP contribution in [0.25, 0.3) is 0 Å². The van der Waals surface area contributed by atoms with E-state index in [-0.39, 0.29) is 5.60 Å². The van der Waals surface area contributed by atoms with Gasteiger partial charge in [-0.15, -0.1) is 0 Å². The van der Waals surface area contributed by atoms with E-state index in [2.05, 4.69) is 5.10 Å². The zero-order valence-electron chi connectivity index (χ0n) is 10.2. The Morgan fingerprint density at radius 3 is 2.94 bits per heavy atom. The summed E-state index contributed by atoms with van der Waals surface area (Å²) in [6.45, 7) is 4.72. The van der Waals surface area contributed by atoms with E-state index in [0.717, 1.165) is 30.8 Å². The van der Waals surface area contributed by atoms with Crippen LogP contribution >= 0.6 is 0 Å². The van der Waals surface area contributed by atoms with Crippen LogP contribution in [0, 0.1) is 6.92 Å². The Balaban J connectivity index is 2.07. The van der Waals surface area contributed by atoms with Gasteiger partial charge in [0.1, 0.15) is 0 Å². The lowest BCUT2D eigenvalue weighted by Crippen LogP contribution is -2.40. The highest BCUT2D eigenvalue weighted by Crippen LogP contribution is 2.30. The number of aromatic nitrogens is 2. The van der Waals surface area contributed by atoms with Gasteiger partial charge >= 0.3 is 0 Å². The molecule has 4 nitrogen and oxygen atoms in total. The van der Waals surface area contributed by atoms with Gasteiger partial charge in [0.2, 0.25) is 0 Å². The maximum absolute atomic E-state index is 10.2. The molecule has 4 heteroatoms. The second-order valence-corrected chi connectivity index (χ2v) is 4.89. The van der Waals surface area contributed by atoms with Crippen molar-refractivity contribution in [3.05, 3.63) is 17.5 Å². The lowest BCUT2D eigenvalue weighted by atomic mass is 9.92. The topological polar surface area (TPSA) is 47.3 Å². The van der Waals surface area contributed by atoms with Crippen molar-refractivity contribution in [2.45, 2.75) is 44.8 Å². The molecule has 0 amide bonds. The van der Waals surface area contributed by atoms with Crippen molar-refractivity contribution in [2.75, 3.05) is 6.61 Å². The molecule has 1 fully saturated rings. The minimum absolute atomic E-state index is 0.377. The Morgan fingerprint density at radius 2 is 2.44 bits per heavy atom. The minimum Gasteiger partial charge on any atom is -0.390 e. The smallest absolute Gasteiger partial charge is 0.0916 e. The molecule has 0 saturated carbocycles. The number of aliphatic hydroxyl groups is 1. The van der Waals surface area contributed by atoms with E-state index in [9.17, 15) is 5.11 Å². The number of nitrogens with zero attached hydrogens (tertiary/aromatic N) is 2. The average molecular weight is 224 g/mol. The quantitative estimate of drug-likeness (QED) is 0.839. The fourth-order valence-corrected chi connectivity index (χ4v) is 2.33. The number of aryl methyl sites for hydroxylation is 2. The number of hydrogen-bond acceptors (Lipinski definition) is 3. The summed E-state index contributed by atoms with van der Waals surface area (Å²) in [5.74, 6) is 0. The van der Waals surface area contributed by atoms with Crippen LogP contribution in [0.15, 0.2) is 6.07 Å². The highest BCUT2D eigenvalue weighted by atomic mass is 16.5. The Bertz CT molecular complexity index is 367. The first-order valence-corrected chi connectivity index (χ1v) is 5.83. The largest absolute Gasteiger partial charge is 0.390 e. The van der Waals surface area contributed by atoms with Crippen LogP contribution in [0.1, 0.15) is 31.2 Å². The zero-order chi connectivity index (χ0) is 11.8. The third kappa shape index (κ3) is 2.13. The van der Waals surface area contributed by atoms with Crippen LogP contribution in [0.4, 0.5) is 0 Å². The van der Waals surface area contributed by atoms with Gasteiger partial charge < -0.3 is 9.84 Å². The van der Waals surface area contributed by atoms with E-state index in [1.165, 1.54) is 0 Å². The van der Waals surface area contributed by atoms with Gasteiger partial charge in [-0.1, -0.05) is 0 Å². The van der Waals surface area contributed by atoms with E-state index in [4.69, 9.17) is 4.74 Å². The van der Waals surface area contributed by atoms with Crippen molar-refractivity contribution in [1.82, 2.24) is 9.78 Å². The summed E-state index contributed by atoms with van der Waals surface area (Å²) in [5, 5.41) is 14.5. The lowest BCUT2D eigenvalue weighted by Gasteiger charge is -2.29. The number of ether oxygens (including phenoxy) is 1. The van der Waals surface area contributed by atoms with Gasteiger partial charge in [-0.25, -0.2) is 0 Å². The standard InChI is InChI=1S/C12H20N2O2/c1-9-7-10(14(3)13-9)8-11(15)12(2)5-4-6-16-12/h7,11,15H,4-6,8H2,1-3H3. The monoisotopic (exact) mass is 224 g/mol. The first kappa shape index (κ1) is 11.6. The van der Waals surface area contributed by atoms with Gasteiger partial charge in [-0.3, -0.25) is 4.68 Å². The molecule has 1 aliphatic heterocycles. The molecule has 1 saturated heterocycles. The van der Waals surface area contributed by atoms with E-state index >= 15 is 0 Å². The van der Waals surface area contributed by atoms with Crippen molar-refractivity contribution in [3.8, 4) is 0 Å². The van der Waals surface area contributed by atoms with E-state index < -0.39 is 6.10 Å². The van der Waals surface area contributed by atoms with Gasteiger partial charge in [-0.2, -0.15) is 5.10 Å². The van der Waals surface area contributed by atoms with Gasteiger partial charge in [0.05, 0.1) is 17.4 Å². The number of aliphatic hydroxyl groups excluding tert-OH is 1. The van der Waals surface area contributed by atoms with Crippen LogP contribution in [-0.4, -0.2) is 33.2 Å². The first-order valence-electron chi connectivity index (χ1n) is 5.83. The molecule has 2 rings (SSSR count). The van der Waals surface area contributed by atoms with Crippen LogP contribution in [-0.2, 0) is 18.2 Å². The van der Waals surface area contributed by atoms with Gasteiger partial charge in [0.25, 0.3) is 0 Å². The van der Waals surface area contributed by atoms with Crippen LogP contribution in [0.5, 0.6) is 0 Å². The Kier molecular flexibility index (Phi) is 3.04. The van der Waals surface area contributed by atoms with Gasteiger partial charge in [-0.05, 0) is 32.8 Å². The highest BCUT2D eigenvalue weighted by Gasteiger charge is 2.37. The molecule has 1 aromatic heterocycles. The maximum Gasteiger partial charge on any atom is 0.0916 e. The van der Waals surface area contributed by atoms with Crippen molar-refractivity contribution < 1.29 is 9.84 Å². The van der Waals surface area contributed by atoms with Crippen LogP contribution in [0.3, 0.4) is 0 Å². The van der Waals surface area contributed by atoms with Crippen molar-refractivity contribution >= 4 is 0 Å². The molecule has 90 valence electrons. The summed E-state index contributed by atoms with van der Waals surface area (Å²) >= 11 is 0. The fourth-order valence-electron chi connectivity index (χ4n) is 2.33. The van der Waals surface area contributed by atoms with Crippen LogP contribution in [0.2, 0.25) is 0 Å². The molecular weight excluding hydrogens is 204 g/mol. The zero-order valence-corrected chi connectivity index (χ0v) is 10.2. The highest BCUT2D eigenvalue weighted by molar-refractivity contribution is 5.11. The second kappa shape index (κ2) is 4.18. The first-order chi connectivity index (χ1) is 7.51. The van der Waals surface area contributed by atoms with Gasteiger partial charge in [0, 0.05) is 25.8 Å². The van der Waals surface area contributed by atoms with Crippen molar-refractivity contribution in [1.29, 1.82) is 0 Å². The summed E-state index contributed by atoms with van der Waals surface area (Å²) in [5.41, 5.74) is 1.67. The molecule has 0 radical (unpaired) electrons. The minimum atomic E-state index is -0.454. The summed E-state index contributed by atoms with van der Waals surface area (Å²) < 4.78 is 7.47. The van der Waals surface area contributed by atoms with Gasteiger partial charge in [0.15, 0.2) is 0 Å². The maximum atomic E-state index is 10.2. The molecule has 2 atom stereocenters. The summed E-state index contributed by atoms with van der Waals surface area (Å²) in [7, 11) is 1.91. The SMILES string of the molecule is Cc1cc(CC(O)C2(C)CCCO2)n(C)n1. The lowest BCUT2D eigenvalue weighted by molar-refractivity contribution is -0.0773. The Labute approximate surface area is 96.2 Å². The molecule has 0 spiro atoms. The molecule has 1 aliphatic rings. The number of rotatable bonds is 3. The number of hydrogen-bond donors (Lipinski definition) is 1. The second-order valence-electron chi connectivity index (χ2n) is 4.89.